The Morgan fingerprint density at radius 1 is 1.50 bits per heavy atom. The average molecular weight is 222 g/mol. The van der Waals surface area contributed by atoms with Crippen molar-refractivity contribution >= 4 is 17.3 Å². The highest BCUT2D eigenvalue weighted by atomic mass is 19.1. The molecular formula is C12H15FN2O. The third-order valence-corrected chi connectivity index (χ3v) is 2.82. The summed E-state index contributed by atoms with van der Waals surface area (Å²) in [6, 6.07) is 3.19. The molecule has 1 heterocycles. The Morgan fingerprint density at radius 3 is 2.94 bits per heavy atom. The van der Waals surface area contributed by atoms with Crippen LogP contribution in [0, 0.1) is 12.7 Å². The molecule has 0 aromatic heterocycles. The number of carbonyl (C=O) groups excluding carboxylic acids is 1. The molecule has 3 nitrogen and oxygen atoms in total. The SMILES string of the molecule is CC(=O)N1CCCNc2cc(F)c(C)cc21. The maximum atomic E-state index is 13.4. The van der Waals surface area contributed by atoms with Crippen LogP contribution in [0.2, 0.25) is 0 Å². The molecule has 0 radical (unpaired) electrons. The number of anilines is 2. The number of nitrogens with one attached hydrogen (secondary N) is 1. The average Bonchev–Trinajstić information content (AvgIpc) is 2.41. The van der Waals surface area contributed by atoms with Crippen molar-refractivity contribution in [3.05, 3.63) is 23.5 Å². The van der Waals surface area contributed by atoms with Gasteiger partial charge in [-0.1, -0.05) is 0 Å². The maximum absolute atomic E-state index is 13.4. The van der Waals surface area contributed by atoms with Crippen molar-refractivity contribution in [1.29, 1.82) is 0 Å². The minimum absolute atomic E-state index is 0.00374. The van der Waals surface area contributed by atoms with Crippen molar-refractivity contribution in [2.24, 2.45) is 0 Å². The number of halogens is 1. The third kappa shape index (κ3) is 1.87. The molecule has 4 heteroatoms. The van der Waals surface area contributed by atoms with E-state index in [1.165, 1.54) is 13.0 Å². The molecular weight excluding hydrogens is 207 g/mol. The molecule has 1 aromatic carbocycles. The van der Waals surface area contributed by atoms with Crippen molar-refractivity contribution in [1.82, 2.24) is 0 Å². The molecule has 16 heavy (non-hydrogen) atoms. The van der Waals surface area contributed by atoms with Gasteiger partial charge >= 0.3 is 0 Å². The summed E-state index contributed by atoms with van der Waals surface area (Å²) in [5, 5.41) is 3.14. The molecule has 1 N–H and O–H groups in total. The van der Waals surface area contributed by atoms with E-state index in [1.54, 1.807) is 17.9 Å². The number of benzene rings is 1. The van der Waals surface area contributed by atoms with Gasteiger partial charge in [0.2, 0.25) is 5.91 Å². The van der Waals surface area contributed by atoms with Crippen LogP contribution in [-0.4, -0.2) is 19.0 Å². The standard InChI is InChI=1S/C12H15FN2O/c1-8-6-12-11(7-10(8)13)14-4-3-5-15(12)9(2)16/h6-7,14H,3-5H2,1-2H3. The molecule has 0 fully saturated rings. The Bertz CT molecular complexity index is 431. The summed E-state index contributed by atoms with van der Waals surface area (Å²) in [6.45, 7) is 4.69. The van der Waals surface area contributed by atoms with E-state index in [1.807, 2.05) is 0 Å². The fourth-order valence-corrected chi connectivity index (χ4v) is 1.94. The highest BCUT2D eigenvalue weighted by Gasteiger charge is 2.19. The lowest BCUT2D eigenvalue weighted by Crippen LogP contribution is -2.29. The van der Waals surface area contributed by atoms with E-state index >= 15 is 0 Å². The van der Waals surface area contributed by atoms with Crippen LogP contribution in [0.1, 0.15) is 18.9 Å². The summed E-state index contributed by atoms with van der Waals surface area (Å²) in [5.41, 5.74) is 2.05. The minimum Gasteiger partial charge on any atom is -0.383 e. The third-order valence-electron chi connectivity index (χ3n) is 2.82. The second-order valence-corrected chi connectivity index (χ2v) is 4.07. The van der Waals surface area contributed by atoms with Gasteiger partial charge in [-0.05, 0) is 31.0 Å². The summed E-state index contributed by atoms with van der Waals surface area (Å²) in [5.74, 6) is -0.243. The summed E-state index contributed by atoms with van der Waals surface area (Å²) in [6.07, 6.45) is 0.870. The first-order chi connectivity index (χ1) is 7.59. The Morgan fingerprint density at radius 2 is 2.25 bits per heavy atom. The van der Waals surface area contributed by atoms with Gasteiger partial charge < -0.3 is 10.2 Å². The van der Waals surface area contributed by atoms with Crippen molar-refractivity contribution in [2.45, 2.75) is 20.3 Å². The van der Waals surface area contributed by atoms with Crippen LogP contribution in [0.15, 0.2) is 12.1 Å². The van der Waals surface area contributed by atoms with Crippen molar-refractivity contribution in [2.75, 3.05) is 23.3 Å². The number of hydrogen-bond donors (Lipinski definition) is 1. The molecule has 0 atom stereocenters. The van der Waals surface area contributed by atoms with E-state index < -0.39 is 0 Å². The van der Waals surface area contributed by atoms with Crippen LogP contribution in [-0.2, 0) is 4.79 Å². The van der Waals surface area contributed by atoms with Crippen molar-refractivity contribution < 1.29 is 9.18 Å². The molecule has 1 aliphatic rings. The first-order valence-electron chi connectivity index (χ1n) is 5.41. The predicted octanol–water partition coefficient (Wildman–Crippen LogP) is 2.30. The highest BCUT2D eigenvalue weighted by Crippen LogP contribution is 2.31. The van der Waals surface area contributed by atoms with Crippen LogP contribution in [0.4, 0.5) is 15.8 Å². The normalized spacial score (nSPS) is 15.1. The topological polar surface area (TPSA) is 32.3 Å². The van der Waals surface area contributed by atoms with Gasteiger partial charge in [-0.2, -0.15) is 0 Å². The molecule has 0 unspecified atom stereocenters. The fraction of sp³-hybridized carbons (Fsp3) is 0.417. The largest absolute Gasteiger partial charge is 0.383 e. The lowest BCUT2D eigenvalue weighted by molar-refractivity contribution is -0.116. The number of aryl methyl sites for hydroxylation is 1. The fourth-order valence-electron chi connectivity index (χ4n) is 1.94. The van der Waals surface area contributed by atoms with Gasteiger partial charge in [0, 0.05) is 20.0 Å². The van der Waals surface area contributed by atoms with Gasteiger partial charge in [0.05, 0.1) is 11.4 Å². The van der Waals surface area contributed by atoms with E-state index in [0.29, 0.717) is 17.8 Å². The zero-order chi connectivity index (χ0) is 11.7. The monoisotopic (exact) mass is 222 g/mol. The lowest BCUT2D eigenvalue weighted by atomic mass is 10.1. The van der Waals surface area contributed by atoms with Gasteiger partial charge in [0.25, 0.3) is 0 Å². The van der Waals surface area contributed by atoms with E-state index in [9.17, 15) is 9.18 Å². The molecule has 0 bridgehead atoms. The Balaban J connectivity index is 2.52. The Labute approximate surface area is 94.3 Å². The van der Waals surface area contributed by atoms with Gasteiger partial charge in [-0.15, -0.1) is 0 Å². The molecule has 86 valence electrons. The van der Waals surface area contributed by atoms with Gasteiger partial charge in [0.15, 0.2) is 0 Å². The van der Waals surface area contributed by atoms with Crippen LogP contribution in [0.5, 0.6) is 0 Å². The van der Waals surface area contributed by atoms with Gasteiger partial charge in [-0.25, -0.2) is 4.39 Å². The Hall–Kier alpha value is -1.58. The first-order valence-corrected chi connectivity index (χ1v) is 5.41. The molecule has 0 saturated heterocycles. The maximum Gasteiger partial charge on any atom is 0.223 e. The molecule has 0 saturated carbocycles. The van der Waals surface area contributed by atoms with Crippen LogP contribution in [0.25, 0.3) is 0 Å². The van der Waals surface area contributed by atoms with Gasteiger partial charge in [-0.3, -0.25) is 4.79 Å². The predicted molar refractivity (Wildman–Crippen MR) is 62.3 cm³/mol. The van der Waals surface area contributed by atoms with Crippen LogP contribution < -0.4 is 10.2 Å². The van der Waals surface area contributed by atoms with Crippen LogP contribution in [0.3, 0.4) is 0 Å². The molecule has 0 spiro atoms. The number of fused-ring (bicyclic) bond motifs is 1. The van der Waals surface area contributed by atoms with Crippen molar-refractivity contribution in [3.8, 4) is 0 Å². The lowest BCUT2D eigenvalue weighted by Gasteiger charge is -2.21. The highest BCUT2D eigenvalue weighted by molar-refractivity contribution is 5.95. The summed E-state index contributed by atoms with van der Waals surface area (Å²) in [7, 11) is 0. The molecule has 1 amide bonds. The van der Waals surface area contributed by atoms with E-state index in [-0.39, 0.29) is 11.7 Å². The van der Waals surface area contributed by atoms with Crippen molar-refractivity contribution in [3.63, 3.8) is 0 Å². The number of rotatable bonds is 0. The Kier molecular flexibility index (Phi) is 2.81. The summed E-state index contributed by atoms with van der Waals surface area (Å²) >= 11 is 0. The smallest absolute Gasteiger partial charge is 0.223 e. The van der Waals surface area contributed by atoms with E-state index in [2.05, 4.69) is 5.32 Å². The summed E-state index contributed by atoms with van der Waals surface area (Å²) in [4.78, 5) is 13.2. The second-order valence-electron chi connectivity index (χ2n) is 4.07. The zero-order valence-electron chi connectivity index (χ0n) is 9.51. The number of nitrogens with zero attached hydrogens (tertiary/aromatic N) is 1. The summed E-state index contributed by atoms with van der Waals surface area (Å²) < 4.78 is 13.4. The van der Waals surface area contributed by atoms with Gasteiger partial charge in [0.1, 0.15) is 5.82 Å². The first kappa shape index (κ1) is 10.9. The minimum atomic E-state index is -0.239. The van der Waals surface area contributed by atoms with Crippen LogP contribution >= 0.6 is 0 Å². The number of carbonyl (C=O) groups is 1. The molecule has 1 aromatic rings. The molecule has 0 aliphatic carbocycles. The second kappa shape index (κ2) is 4.12. The number of amides is 1. The quantitative estimate of drug-likeness (QED) is 0.730. The zero-order valence-corrected chi connectivity index (χ0v) is 9.51. The van der Waals surface area contributed by atoms with E-state index in [0.717, 1.165) is 18.7 Å². The molecule has 1 aliphatic heterocycles. The number of hydrogen-bond acceptors (Lipinski definition) is 2. The molecule has 2 rings (SSSR count). The van der Waals surface area contributed by atoms with E-state index in [4.69, 9.17) is 0 Å².